The summed E-state index contributed by atoms with van der Waals surface area (Å²) in [6.45, 7) is 0.815. The first kappa shape index (κ1) is 31.1. The molecule has 1 aromatic carbocycles. The van der Waals surface area contributed by atoms with Gasteiger partial charge in [-0.05, 0) is 39.2 Å². The summed E-state index contributed by atoms with van der Waals surface area (Å²) >= 11 is 1.05. The molecular formula is C26H35F5N2O5S2. The van der Waals surface area contributed by atoms with Gasteiger partial charge < -0.3 is 14.7 Å². The van der Waals surface area contributed by atoms with E-state index >= 15 is 0 Å². The molecule has 2 fully saturated rings. The van der Waals surface area contributed by atoms with E-state index in [-0.39, 0.29) is 29.7 Å². The second-order valence-corrected chi connectivity index (χ2v) is 14.7. The summed E-state index contributed by atoms with van der Waals surface area (Å²) in [5.74, 6) is -7.71. The smallest absolute Gasteiger partial charge is 0.344 e. The zero-order chi connectivity index (χ0) is 29.7. The summed E-state index contributed by atoms with van der Waals surface area (Å²) < 4.78 is 104. The molecule has 14 heteroatoms. The van der Waals surface area contributed by atoms with Gasteiger partial charge in [-0.15, -0.1) is 11.8 Å². The first-order chi connectivity index (χ1) is 18.4. The molecule has 1 heterocycles. The molecule has 1 aromatic rings. The number of carboxylic acids is 1. The summed E-state index contributed by atoms with van der Waals surface area (Å²) in [6.07, 6.45) is 1.99. The van der Waals surface area contributed by atoms with Gasteiger partial charge in [0, 0.05) is 56.3 Å². The predicted octanol–water partition coefficient (Wildman–Crippen LogP) is 5.96. The number of sulfonamides is 1. The van der Waals surface area contributed by atoms with Gasteiger partial charge in [-0.2, -0.15) is 4.31 Å². The Balaban J connectivity index is 1.79. The molecule has 226 valence electrons. The molecule has 0 spiro atoms. The Labute approximate surface area is 235 Å². The van der Waals surface area contributed by atoms with Gasteiger partial charge >= 0.3 is 5.97 Å². The summed E-state index contributed by atoms with van der Waals surface area (Å²) in [4.78, 5) is 13.3. The Morgan fingerprint density at radius 1 is 1.18 bits per heavy atom. The fraction of sp³-hybridized carbons (Fsp3) is 0.731. The second-order valence-electron chi connectivity index (χ2n) is 11.4. The molecule has 0 bridgehead atoms. The van der Waals surface area contributed by atoms with Crippen LogP contribution in [0.3, 0.4) is 0 Å². The number of hydrogen-bond acceptors (Lipinski definition) is 6. The molecule has 1 N–H and O–H groups in total. The van der Waals surface area contributed by atoms with E-state index in [9.17, 15) is 40.3 Å². The zero-order valence-corrected chi connectivity index (χ0v) is 24.3. The normalized spacial score (nSPS) is 25.1. The quantitative estimate of drug-likeness (QED) is 0.326. The van der Waals surface area contributed by atoms with Crippen molar-refractivity contribution in [2.24, 2.45) is 0 Å². The van der Waals surface area contributed by atoms with Crippen LogP contribution in [0.15, 0.2) is 21.9 Å². The third-order valence-electron chi connectivity index (χ3n) is 7.89. The van der Waals surface area contributed by atoms with Crippen molar-refractivity contribution in [2.75, 3.05) is 25.1 Å². The van der Waals surface area contributed by atoms with Crippen molar-refractivity contribution in [1.29, 1.82) is 0 Å². The maximum atomic E-state index is 14.6. The Morgan fingerprint density at radius 3 is 2.35 bits per heavy atom. The van der Waals surface area contributed by atoms with E-state index in [2.05, 4.69) is 0 Å². The number of halogens is 5. The molecule has 0 aromatic heterocycles. The molecule has 2 atom stereocenters. The molecule has 1 aliphatic heterocycles. The number of alkyl halides is 5. The van der Waals surface area contributed by atoms with Crippen LogP contribution in [-0.4, -0.2) is 78.8 Å². The summed E-state index contributed by atoms with van der Waals surface area (Å²) in [7, 11) is -2.93. The fourth-order valence-electron chi connectivity index (χ4n) is 5.36. The standard InChI is InChI=1S/C26H35F5N2O5S2/c1-24(27,23(34)35)15-38-20-11-22-19(10-21(20)39-18-12-26(30,31)13-18)33(16-6-4-5-7-16)14-17(8-9-25(2,28)29)32(3)40(22,36)37/h10-11,16-18H,4-9,12-15H2,1-3H3,(H,34,35)/t17-,24-/m1/s1. The lowest BCUT2D eigenvalue weighted by atomic mass is 9.94. The lowest BCUT2D eigenvalue weighted by Crippen LogP contribution is -2.45. The summed E-state index contributed by atoms with van der Waals surface area (Å²) in [5, 5.41) is 8.67. The highest BCUT2D eigenvalue weighted by atomic mass is 32.2. The van der Waals surface area contributed by atoms with E-state index in [0.29, 0.717) is 10.6 Å². The van der Waals surface area contributed by atoms with E-state index in [4.69, 9.17) is 4.74 Å². The zero-order valence-electron chi connectivity index (χ0n) is 22.6. The average Bonchev–Trinajstić information content (AvgIpc) is 3.33. The number of hydrogen-bond donors (Lipinski definition) is 1. The van der Waals surface area contributed by atoms with E-state index < -0.39 is 70.7 Å². The third-order valence-corrected chi connectivity index (χ3v) is 11.1. The predicted molar refractivity (Wildman–Crippen MR) is 141 cm³/mol. The number of benzene rings is 1. The molecule has 3 aliphatic rings. The van der Waals surface area contributed by atoms with Crippen LogP contribution in [0.2, 0.25) is 0 Å². The topological polar surface area (TPSA) is 87.2 Å². The monoisotopic (exact) mass is 614 g/mol. The minimum Gasteiger partial charge on any atom is -0.488 e. The van der Waals surface area contributed by atoms with Gasteiger partial charge in [-0.3, -0.25) is 0 Å². The van der Waals surface area contributed by atoms with Crippen molar-refractivity contribution in [1.82, 2.24) is 4.31 Å². The molecule has 0 radical (unpaired) electrons. The number of carbonyl (C=O) groups is 1. The SMILES string of the molecule is CN1[C@H](CCC(C)(F)F)CN(C2CCCC2)c2cc(SC3CC(F)(F)C3)c(OC[C@@](C)(F)C(=O)O)cc2S1(=O)=O. The number of fused-ring (bicyclic) bond motifs is 1. The van der Waals surface area contributed by atoms with Gasteiger partial charge in [0.15, 0.2) is 0 Å². The number of aliphatic carboxylic acids is 1. The molecule has 2 aliphatic carbocycles. The van der Waals surface area contributed by atoms with Crippen LogP contribution in [0.5, 0.6) is 5.75 Å². The molecule has 4 rings (SSSR count). The Bertz CT molecular complexity index is 1210. The average molecular weight is 615 g/mol. The van der Waals surface area contributed by atoms with Crippen LogP contribution < -0.4 is 9.64 Å². The molecule has 7 nitrogen and oxygen atoms in total. The Morgan fingerprint density at radius 2 is 1.80 bits per heavy atom. The number of nitrogens with zero attached hydrogens (tertiary/aromatic N) is 2. The highest BCUT2D eigenvalue weighted by Gasteiger charge is 2.47. The first-order valence-electron chi connectivity index (χ1n) is 13.3. The van der Waals surface area contributed by atoms with Crippen LogP contribution in [0.25, 0.3) is 0 Å². The van der Waals surface area contributed by atoms with Crippen molar-refractivity contribution < 1.29 is 45.0 Å². The van der Waals surface area contributed by atoms with Gasteiger partial charge in [0.1, 0.15) is 17.3 Å². The number of likely N-dealkylation sites (N-methyl/N-ethyl adjacent to an activating group) is 1. The van der Waals surface area contributed by atoms with Gasteiger partial charge in [-0.25, -0.2) is 35.2 Å². The number of thioether (sulfide) groups is 1. The summed E-state index contributed by atoms with van der Waals surface area (Å²) in [6, 6.07) is 1.90. The molecule has 2 saturated carbocycles. The number of ether oxygens (including phenoxy) is 1. The second kappa shape index (κ2) is 11.1. The fourth-order valence-corrected chi connectivity index (χ4v) is 8.36. The number of anilines is 1. The summed E-state index contributed by atoms with van der Waals surface area (Å²) in [5.41, 5.74) is -2.48. The van der Waals surface area contributed by atoms with E-state index in [1.165, 1.54) is 19.2 Å². The van der Waals surface area contributed by atoms with E-state index in [1.807, 2.05) is 4.90 Å². The van der Waals surface area contributed by atoms with Crippen molar-refractivity contribution in [3.05, 3.63) is 12.1 Å². The minimum absolute atomic E-state index is 0.0520. The largest absolute Gasteiger partial charge is 0.488 e. The van der Waals surface area contributed by atoms with Crippen molar-refractivity contribution in [3.63, 3.8) is 0 Å². The maximum absolute atomic E-state index is 14.6. The van der Waals surface area contributed by atoms with Gasteiger partial charge in [0.05, 0.1) is 10.6 Å². The van der Waals surface area contributed by atoms with E-state index in [0.717, 1.165) is 55.6 Å². The van der Waals surface area contributed by atoms with Crippen molar-refractivity contribution in [2.45, 2.75) is 110 Å². The first-order valence-corrected chi connectivity index (χ1v) is 15.6. The molecule has 0 unspecified atom stereocenters. The molecule has 40 heavy (non-hydrogen) atoms. The van der Waals surface area contributed by atoms with Crippen LogP contribution >= 0.6 is 11.8 Å². The van der Waals surface area contributed by atoms with Crippen LogP contribution in [-0.2, 0) is 14.8 Å². The maximum Gasteiger partial charge on any atom is 0.344 e. The lowest BCUT2D eigenvalue weighted by molar-refractivity contribution is -0.151. The highest BCUT2D eigenvalue weighted by Crippen LogP contribution is 2.51. The molecule has 0 saturated heterocycles. The van der Waals surface area contributed by atoms with E-state index in [1.54, 1.807) is 0 Å². The van der Waals surface area contributed by atoms with Gasteiger partial charge in [0.2, 0.25) is 27.5 Å². The van der Waals surface area contributed by atoms with Gasteiger partial charge in [0.25, 0.3) is 0 Å². The van der Waals surface area contributed by atoms with Crippen molar-refractivity contribution >= 4 is 33.4 Å². The molecular weight excluding hydrogens is 579 g/mol. The minimum atomic E-state index is -4.26. The van der Waals surface area contributed by atoms with Crippen molar-refractivity contribution in [3.8, 4) is 5.75 Å². The number of rotatable bonds is 10. The lowest BCUT2D eigenvalue weighted by Gasteiger charge is -2.36. The Hall–Kier alpha value is -1.80. The highest BCUT2D eigenvalue weighted by molar-refractivity contribution is 8.00. The number of carboxylic acid groups (broad SMARTS) is 1. The van der Waals surface area contributed by atoms with Crippen LogP contribution in [0, 0.1) is 0 Å². The molecule has 0 amide bonds. The Kier molecular flexibility index (Phi) is 8.66. The van der Waals surface area contributed by atoms with Crippen LogP contribution in [0.1, 0.15) is 65.2 Å². The van der Waals surface area contributed by atoms with Gasteiger partial charge in [-0.1, -0.05) is 12.8 Å². The van der Waals surface area contributed by atoms with Crippen LogP contribution in [0.4, 0.5) is 27.6 Å². The third kappa shape index (κ3) is 6.80.